The van der Waals surface area contributed by atoms with Crippen molar-refractivity contribution in [1.29, 1.82) is 0 Å². The van der Waals surface area contributed by atoms with Crippen molar-refractivity contribution in [3.63, 3.8) is 0 Å². The Balaban J connectivity index is 0.000000173. The molecule has 3 N–H and O–H groups in total. The van der Waals surface area contributed by atoms with Gasteiger partial charge < -0.3 is 87.7 Å². The minimum Gasteiger partial charge on any atom is -0.540 e. The van der Waals surface area contributed by atoms with Crippen molar-refractivity contribution >= 4 is 88.0 Å². The van der Waals surface area contributed by atoms with Crippen LogP contribution in [0.4, 0.5) is 14.4 Å². The van der Waals surface area contributed by atoms with Crippen LogP contribution in [0.2, 0.25) is 0 Å². The minimum atomic E-state index is -0.915. The number of benzene rings is 3. The van der Waals surface area contributed by atoms with E-state index < -0.39 is 89.1 Å². The van der Waals surface area contributed by atoms with E-state index in [9.17, 15) is 43.2 Å². The first-order chi connectivity index (χ1) is 69.3. The van der Waals surface area contributed by atoms with Gasteiger partial charge >= 0.3 is 18.3 Å². The zero-order chi connectivity index (χ0) is 101. The minimum absolute atomic E-state index is 0. The molecule has 39 heteroatoms. The van der Waals surface area contributed by atoms with Gasteiger partial charge in [-0.2, -0.15) is 0 Å². The van der Waals surface area contributed by atoms with E-state index in [1.54, 1.807) is 55.8 Å². The van der Waals surface area contributed by atoms with Gasteiger partial charge in [0, 0.05) is 111 Å². The molecule has 3 aromatic carbocycles. The SMILES string of the molecule is CC[C@@H]1[C@@H]2CN(C(=O)[C@H](C(C)(C)C)NC(=O)O[C@@H]3CC4CC4[C@H]3CCCCCc3nc4ccc(OCc5cnccn5)cc4nc3O2)[C@@H]1[C-]=O.C[C@@H]1[C@@H]2CN(C(=O)[C@H](C(C)(C)C)NC(=O)O[C@@H]3CCC[C@H]3CCCCCc3nc4ccc(OCc5cnccn5)cc4nc3O2)[C@@H]1[C-]=O.C[C@@H]1[C@@H]2CN(C(=O)[C@H](C(C)(C)C)NC(=O)O[C@@H]3C[C@H]3CCCCCc3nc4ccc(OCc5cnccn5)cc4nc3O2)[C@@H]1[C-]=O.[V].[V].[V]. The fourth-order valence-corrected chi connectivity index (χ4v) is 21.6. The Morgan fingerprint density at radius 3 is 1.12 bits per heavy atom. The summed E-state index contributed by atoms with van der Waals surface area (Å²) in [6, 6.07) is 11.4. The molecular weight excluding hydrogens is 1990 g/mol. The maximum atomic E-state index is 14.3. The number of carbonyl (C=O) groups excluding carboxylic acids is 9. The van der Waals surface area contributed by atoms with Crippen LogP contribution in [0.1, 0.15) is 239 Å². The van der Waals surface area contributed by atoms with E-state index in [0.29, 0.717) is 123 Å². The second kappa shape index (κ2) is 49.4. The predicted molar refractivity (Wildman–Crippen MR) is 528 cm³/mol. The molecule has 7 fully saturated rings. The van der Waals surface area contributed by atoms with Crippen molar-refractivity contribution in [2.45, 2.75) is 317 Å². The Kier molecular flexibility index (Phi) is 37.4. The van der Waals surface area contributed by atoms with Crippen LogP contribution >= 0.6 is 0 Å². The van der Waals surface area contributed by atoms with Crippen molar-refractivity contribution in [1.82, 2.24) is 90.5 Å². The fraction of sp³-hybridized carbons (Fsp3) is 0.583. The summed E-state index contributed by atoms with van der Waals surface area (Å²) in [5.74, 6) is 2.97. The third kappa shape index (κ3) is 27.3. The molecule has 6 aromatic heterocycles. The van der Waals surface area contributed by atoms with Crippen LogP contribution in [-0.2, 0) is 138 Å². The molecule has 147 heavy (non-hydrogen) atoms. The van der Waals surface area contributed by atoms with Gasteiger partial charge in [-0.25, -0.2) is 63.1 Å². The summed E-state index contributed by atoms with van der Waals surface area (Å²) in [5.41, 5.74) is 6.38. The summed E-state index contributed by atoms with van der Waals surface area (Å²) in [6.45, 7) is 23.9. The molecule has 3 radical (unpaired) electrons. The van der Waals surface area contributed by atoms with Crippen LogP contribution in [0.15, 0.2) is 110 Å². The topological polar surface area (TPSA) is 437 Å². The van der Waals surface area contributed by atoms with Crippen LogP contribution in [0.3, 0.4) is 0 Å². The first-order valence-electron chi connectivity index (χ1n) is 51.3. The van der Waals surface area contributed by atoms with Gasteiger partial charge in [0.25, 0.3) is 0 Å². The molecule has 6 aliphatic heterocycles. The molecule has 19 rings (SSSR count). The standard InChI is InChI=1S/C38H47N6O6.C36H45N6O6.C34H41N6O6.3V/c1-5-25-31(20-45)44-19-33(25)49-35-29(41-28-12-11-24(17-30(28)42-35)48-21-23-18-39-13-14-40-23)10-8-6-7-9-26-27-15-22(27)16-32(26)50-37(47)43-34(36(44)46)38(2,3)4;1-22-29(20-43)42-19-31(22)47-33-27(39-26-14-13-25(17-28(26)40-33)46-21-24-18-37-15-16-38-24)11-7-5-6-9-23-10-8-12-30(23)48-35(45)41-32(34(42)44)36(2,3)4;1-20-27(18-41)40-17-29(20)45-31-25(37-24-11-10-23(15-26(24)38-31)44-19-22-16-35-12-13-36-22)9-7-5-6-8-21-14-28(21)46-33(43)39-30(32(40)42)34(2,3)4;;;/h11-14,17-18,22,25-27,31-34H,5-10,15-16,19,21H2,1-4H3,(H,43,47);13-18,22-23,29-32H,5-12,19,21H2,1-4H3,(H,41,45);10-13,15-16,20-21,27-30H,5-9,14,17,19H2,1-4H3,(H,39,43);;;/q3*-1;;;/t22?,25-,26+,27?,31+,32+,33-,34+;22-,23+,29+,30+,31-,32+;20-,21+,27+,28+,29-,30+;;;/m000.../s1. The Morgan fingerprint density at radius 2 is 0.728 bits per heavy atom. The average Bonchev–Trinajstić information content (AvgIpc) is 1.59. The Hall–Kier alpha value is -11.3. The Morgan fingerprint density at radius 1 is 0.367 bits per heavy atom. The second-order valence-corrected chi connectivity index (χ2v) is 43.5. The van der Waals surface area contributed by atoms with Crippen molar-refractivity contribution in [3.8, 4) is 34.9 Å². The maximum absolute atomic E-state index is 14.3. The molecular formula is C108H133N18O18V3-3. The molecule has 6 amide bonds. The van der Waals surface area contributed by atoms with Gasteiger partial charge in [-0.05, 0) is 196 Å². The van der Waals surface area contributed by atoms with Gasteiger partial charge in [0.1, 0.15) is 109 Å². The molecule has 9 aromatic rings. The van der Waals surface area contributed by atoms with E-state index in [4.69, 9.17) is 72.5 Å². The molecule has 0 spiro atoms. The zero-order valence-electron chi connectivity index (χ0n) is 85.6. The van der Waals surface area contributed by atoms with E-state index in [1.807, 2.05) is 138 Å². The fourth-order valence-electron chi connectivity index (χ4n) is 21.6. The first kappa shape index (κ1) is 111. The Bertz CT molecular complexity index is 6080. The number of hydrogen-bond donors (Lipinski definition) is 3. The molecule has 3 saturated heterocycles. The molecule has 12 heterocycles. The number of amides is 6. The maximum Gasteiger partial charge on any atom is 0.408 e. The first-order valence-corrected chi connectivity index (χ1v) is 51.3. The predicted octanol–water partition coefficient (Wildman–Crippen LogP) is 14.8. The van der Waals surface area contributed by atoms with Crippen LogP contribution in [0.25, 0.3) is 33.1 Å². The number of fused-ring (bicyclic) bond motifs is 17. The second-order valence-electron chi connectivity index (χ2n) is 43.5. The quantitative estimate of drug-likeness (QED) is 0.0713. The van der Waals surface area contributed by atoms with E-state index in [1.165, 1.54) is 21.1 Å². The van der Waals surface area contributed by atoms with Gasteiger partial charge in [-0.1, -0.05) is 146 Å². The van der Waals surface area contributed by atoms with Crippen LogP contribution < -0.4 is 44.4 Å². The van der Waals surface area contributed by atoms with Crippen molar-refractivity contribution in [2.24, 2.45) is 63.6 Å². The van der Waals surface area contributed by atoms with Crippen LogP contribution in [0.5, 0.6) is 34.9 Å². The third-order valence-electron chi connectivity index (χ3n) is 30.0. The normalized spacial score (nSPS) is 27.6. The number of carbonyl (C=O) groups is 6. The monoisotopic (exact) mass is 2120 g/mol. The molecule has 10 aliphatic rings. The number of ether oxygens (including phenoxy) is 9. The van der Waals surface area contributed by atoms with Crippen molar-refractivity contribution in [2.75, 3.05) is 19.6 Å². The van der Waals surface area contributed by atoms with Crippen molar-refractivity contribution in [3.05, 3.63) is 145 Å². The largest absolute Gasteiger partial charge is 0.540 e. The van der Waals surface area contributed by atoms with E-state index >= 15 is 0 Å². The van der Waals surface area contributed by atoms with Gasteiger partial charge in [-0.3, -0.25) is 44.3 Å². The third-order valence-corrected chi connectivity index (χ3v) is 30.0. The van der Waals surface area contributed by atoms with E-state index in [2.05, 4.69) is 64.7 Å². The molecule has 781 valence electrons. The molecule has 6 bridgehead atoms. The number of nitrogens with one attached hydrogen (secondary N) is 3. The molecule has 4 aliphatic carbocycles. The summed E-state index contributed by atoms with van der Waals surface area (Å²) in [5, 5.41) is 8.58. The summed E-state index contributed by atoms with van der Waals surface area (Å²) >= 11 is 0. The smallest absolute Gasteiger partial charge is 0.408 e. The number of nitrogens with zero attached hydrogens (tertiary/aromatic N) is 15. The molecule has 20 atom stereocenters. The number of aromatic nitrogens is 12. The summed E-state index contributed by atoms with van der Waals surface area (Å²) < 4.78 is 55.4. The average molecular weight is 2120 g/mol. The molecule has 4 saturated carbocycles. The number of hydrogen-bond acceptors (Lipinski definition) is 30. The van der Waals surface area contributed by atoms with Crippen molar-refractivity contribution < 1.29 is 141 Å². The van der Waals surface area contributed by atoms with Gasteiger partial charge in [0.15, 0.2) is 0 Å². The number of rotatable bonds is 13. The van der Waals surface area contributed by atoms with Gasteiger partial charge in [0.05, 0.1) is 88.4 Å². The van der Waals surface area contributed by atoms with E-state index in [-0.39, 0.29) is 155 Å². The zero-order valence-corrected chi connectivity index (χ0v) is 89.8. The molecule has 2 unspecified atom stereocenters. The van der Waals surface area contributed by atoms with Gasteiger partial charge in [0.2, 0.25) is 35.4 Å². The summed E-state index contributed by atoms with van der Waals surface area (Å²) in [6.07, 6.45) is 37.0. The molecule has 36 nitrogen and oxygen atoms in total. The Labute approximate surface area is 893 Å². The number of aryl methyl sites for hydroxylation is 3. The number of alkyl carbamates (subject to hydrolysis) is 3. The van der Waals surface area contributed by atoms with E-state index in [0.717, 1.165) is 137 Å². The van der Waals surface area contributed by atoms with Crippen LogP contribution in [-0.4, -0.2) is 222 Å². The van der Waals surface area contributed by atoms with Crippen LogP contribution in [0, 0.1) is 63.6 Å². The summed E-state index contributed by atoms with van der Waals surface area (Å²) in [7, 11) is 0. The van der Waals surface area contributed by atoms with Gasteiger partial charge in [-0.15, -0.1) is 0 Å². The summed E-state index contributed by atoms with van der Waals surface area (Å²) in [4.78, 5) is 178.